The van der Waals surface area contributed by atoms with E-state index in [0.717, 1.165) is 18.5 Å². The Hall–Kier alpha value is -1.02. The van der Waals surface area contributed by atoms with Crippen LogP contribution >= 0.6 is 0 Å². The first kappa shape index (κ1) is 9.53. The highest BCUT2D eigenvalue weighted by Gasteiger charge is 2.12. The van der Waals surface area contributed by atoms with E-state index >= 15 is 0 Å². The van der Waals surface area contributed by atoms with Crippen molar-refractivity contribution in [2.75, 3.05) is 0 Å². The summed E-state index contributed by atoms with van der Waals surface area (Å²) >= 11 is 0. The molecule has 2 rings (SSSR count). The number of aromatic nitrogens is 1. The van der Waals surface area contributed by atoms with Gasteiger partial charge in [0.1, 0.15) is 0 Å². The van der Waals surface area contributed by atoms with E-state index in [2.05, 4.69) is 11.1 Å². The zero-order valence-corrected chi connectivity index (χ0v) is 8.37. The molecule has 0 aromatic carbocycles. The van der Waals surface area contributed by atoms with E-state index in [-0.39, 0.29) is 6.10 Å². The summed E-state index contributed by atoms with van der Waals surface area (Å²) in [6.07, 6.45) is 9.52. The number of nitrogens with one attached hydrogen (secondary N) is 1. The fourth-order valence-electron chi connectivity index (χ4n) is 2.00. The summed E-state index contributed by atoms with van der Waals surface area (Å²) in [6, 6.07) is 3.86. The number of hydrogen-bond donors (Lipinski definition) is 2. The molecule has 0 saturated carbocycles. The van der Waals surface area contributed by atoms with E-state index in [1.54, 1.807) is 0 Å². The number of hydrogen-bond acceptors (Lipinski definition) is 1. The Morgan fingerprint density at radius 2 is 2.36 bits per heavy atom. The van der Waals surface area contributed by atoms with Crippen molar-refractivity contribution < 1.29 is 5.11 Å². The molecule has 1 aliphatic rings. The largest absolute Gasteiger partial charge is 0.387 e. The minimum absolute atomic E-state index is 0.352. The van der Waals surface area contributed by atoms with Crippen molar-refractivity contribution in [1.82, 2.24) is 4.98 Å². The average molecular weight is 191 g/mol. The standard InChI is InChI=1S/C12H17NO/c14-12(11-7-4-8-13-11)9-10-5-2-1-3-6-10/h4-5,7-8,12-14H,1-3,6,9H2. The maximum Gasteiger partial charge on any atom is 0.0974 e. The molecule has 2 N–H and O–H groups in total. The van der Waals surface area contributed by atoms with Crippen molar-refractivity contribution in [3.05, 3.63) is 35.7 Å². The van der Waals surface area contributed by atoms with Gasteiger partial charge in [-0.1, -0.05) is 11.6 Å². The lowest BCUT2D eigenvalue weighted by Gasteiger charge is -2.15. The van der Waals surface area contributed by atoms with E-state index in [1.165, 1.54) is 24.8 Å². The average Bonchev–Trinajstić information content (AvgIpc) is 2.72. The molecule has 0 radical (unpaired) electrons. The van der Waals surface area contributed by atoms with E-state index < -0.39 is 0 Å². The van der Waals surface area contributed by atoms with Crippen molar-refractivity contribution in [2.24, 2.45) is 0 Å². The maximum absolute atomic E-state index is 9.89. The molecule has 2 heteroatoms. The first-order valence-corrected chi connectivity index (χ1v) is 5.35. The molecule has 1 aliphatic carbocycles. The Balaban J connectivity index is 1.94. The van der Waals surface area contributed by atoms with Gasteiger partial charge in [0.25, 0.3) is 0 Å². The fourth-order valence-corrected chi connectivity index (χ4v) is 2.00. The SMILES string of the molecule is OC(CC1=CCCCC1)c1ccc[nH]1. The Bertz CT molecular complexity index is 300. The second kappa shape index (κ2) is 4.47. The lowest BCUT2D eigenvalue weighted by atomic mass is 9.94. The summed E-state index contributed by atoms with van der Waals surface area (Å²) < 4.78 is 0. The molecular weight excluding hydrogens is 174 g/mol. The topological polar surface area (TPSA) is 36.0 Å². The molecule has 1 aromatic rings. The van der Waals surface area contributed by atoms with Gasteiger partial charge in [0.2, 0.25) is 0 Å². The van der Waals surface area contributed by atoms with Gasteiger partial charge in [-0.25, -0.2) is 0 Å². The predicted molar refractivity (Wildman–Crippen MR) is 56.9 cm³/mol. The molecule has 14 heavy (non-hydrogen) atoms. The van der Waals surface area contributed by atoms with E-state index in [1.807, 2.05) is 18.3 Å². The number of aliphatic hydroxyl groups is 1. The molecule has 0 bridgehead atoms. The van der Waals surface area contributed by atoms with Gasteiger partial charge in [0.05, 0.1) is 6.10 Å². The molecule has 0 saturated heterocycles. The predicted octanol–water partition coefficient (Wildman–Crippen LogP) is 2.94. The van der Waals surface area contributed by atoms with Crippen LogP contribution in [0.15, 0.2) is 30.0 Å². The highest BCUT2D eigenvalue weighted by atomic mass is 16.3. The number of H-pyrrole nitrogens is 1. The molecule has 0 spiro atoms. The third-order valence-electron chi connectivity index (χ3n) is 2.82. The molecule has 1 aromatic heterocycles. The minimum atomic E-state index is -0.352. The van der Waals surface area contributed by atoms with Gasteiger partial charge < -0.3 is 10.1 Å². The van der Waals surface area contributed by atoms with Gasteiger partial charge in [-0.05, 0) is 44.2 Å². The van der Waals surface area contributed by atoms with Crippen LogP contribution in [0.5, 0.6) is 0 Å². The zero-order valence-electron chi connectivity index (χ0n) is 8.37. The first-order valence-electron chi connectivity index (χ1n) is 5.35. The molecule has 1 atom stereocenters. The normalized spacial score (nSPS) is 19.1. The Labute approximate surface area is 84.7 Å². The Kier molecular flexibility index (Phi) is 3.04. The van der Waals surface area contributed by atoms with Crippen molar-refractivity contribution in [2.45, 2.75) is 38.2 Å². The van der Waals surface area contributed by atoms with Gasteiger partial charge in [-0.2, -0.15) is 0 Å². The lowest BCUT2D eigenvalue weighted by molar-refractivity contribution is 0.172. The Morgan fingerprint density at radius 1 is 1.43 bits per heavy atom. The van der Waals surface area contributed by atoms with E-state index in [0.29, 0.717) is 0 Å². The quantitative estimate of drug-likeness (QED) is 0.708. The van der Waals surface area contributed by atoms with E-state index in [4.69, 9.17) is 0 Å². The summed E-state index contributed by atoms with van der Waals surface area (Å²) in [7, 11) is 0. The Morgan fingerprint density at radius 3 is 3.00 bits per heavy atom. The molecule has 76 valence electrons. The van der Waals surface area contributed by atoms with Crippen LogP contribution in [0.3, 0.4) is 0 Å². The lowest BCUT2D eigenvalue weighted by Crippen LogP contribution is -2.01. The van der Waals surface area contributed by atoms with Crippen LogP contribution in [0.4, 0.5) is 0 Å². The summed E-state index contributed by atoms with van der Waals surface area (Å²) in [6.45, 7) is 0. The summed E-state index contributed by atoms with van der Waals surface area (Å²) in [5.74, 6) is 0. The van der Waals surface area contributed by atoms with Crippen LogP contribution < -0.4 is 0 Å². The molecule has 0 amide bonds. The van der Waals surface area contributed by atoms with Crippen LogP contribution in [0.1, 0.15) is 43.9 Å². The van der Waals surface area contributed by atoms with Gasteiger partial charge in [0.15, 0.2) is 0 Å². The second-order valence-corrected chi connectivity index (χ2v) is 3.95. The van der Waals surface area contributed by atoms with Gasteiger partial charge in [-0.15, -0.1) is 0 Å². The van der Waals surface area contributed by atoms with Crippen LogP contribution in [-0.4, -0.2) is 10.1 Å². The zero-order chi connectivity index (χ0) is 9.80. The number of aliphatic hydroxyl groups excluding tert-OH is 1. The highest BCUT2D eigenvalue weighted by Crippen LogP contribution is 2.26. The van der Waals surface area contributed by atoms with Crippen molar-refractivity contribution in [3.63, 3.8) is 0 Å². The molecule has 0 fully saturated rings. The molecule has 1 heterocycles. The number of rotatable bonds is 3. The fraction of sp³-hybridized carbons (Fsp3) is 0.500. The first-order chi connectivity index (χ1) is 6.86. The van der Waals surface area contributed by atoms with Gasteiger partial charge in [0, 0.05) is 11.9 Å². The van der Waals surface area contributed by atoms with E-state index in [9.17, 15) is 5.11 Å². The van der Waals surface area contributed by atoms with Crippen molar-refractivity contribution in [3.8, 4) is 0 Å². The summed E-state index contributed by atoms with van der Waals surface area (Å²) in [5.41, 5.74) is 2.34. The van der Waals surface area contributed by atoms with Gasteiger partial charge in [-0.3, -0.25) is 0 Å². The number of allylic oxidation sites excluding steroid dienone is 1. The smallest absolute Gasteiger partial charge is 0.0974 e. The maximum atomic E-state index is 9.89. The van der Waals surface area contributed by atoms with Crippen molar-refractivity contribution >= 4 is 0 Å². The summed E-state index contributed by atoms with van der Waals surface area (Å²) in [4.78, 5) is 3.05. The minimum Gasteiger partial charge on any atom is -0.387 e. The van der Waals surface area contributed by atoms with Crippen LogP contribution in [0, 0.1) is 0 Å². The monoisotopic (exact) mass is 191 g/mol. The molecule has 2 nitrogen and oxygen atoms in total. The van der Waals surface area contributed by atoms with Crippen LogP contribution in [-0.2, 0) is 0 Å². The van der Waals surface area contributed by atoms with Crippen LogP contribution in [0.25, 0.3) is 0 Å². The van der Waals surface area contributed by atoms with Crippen LogP contribution in [0.2, 0.25) is 0 Å². The second-order valence-electron chi connectivity index (χ2n) is 3.95. The molecular formula is C12H17NO. The third kappa shape index (κ3) is 2.26. The molecule has 0 aliphatic heterocycles. The number of aromatic amines is 1. The highest BCUT2D eigenvalue weighted by molar-refractivity contribution is 5.13. The van der Waals surface area contributed by atoms with Crippen molar-refractivity contribution in [1.29, 1.82) is 0 Å². The molecule has 1 unspecified atom stereocenters. The third-order valence-corrected chi connectivity index (χ3v) is 2.82. The van der Waals surface area contributed by atoms with Gasteiger partial charge >= 0.3 is 0 Å². The summed E-state index contributed by atoms with van der Waals surface area (Å²) in [5, 5.41) is 9.89.